The molecule has 0 atom stereocenters. The average molecular weight is 385 g/mol. The summed E-state index contributed by atoms with van der Waals surface area (Å²) in [6.07, 6.45) is 6.87. The molecule has 1 aliphatic rings. The van der Waals surface area contributed by atoms with Crippen LogP contribution in [0.1, 0.15) is 19.3 Å². The van der Waals surface area contributed by atoms with Crippen LogP contribution in [0.2, 0.25) is 0 Å². The summed E-state index contributed by atoms with van der Waals surface area (Å²) in [5.74, 6) is 1.56. The first-order chi connectivity index (χ1) is 13.3. The quantitative estimate of drug-likeness (QED) is 0.574. The number of fused-ring (bicyclic) bond motifs is 1. The van der Waals surface area contributed by atoms with Gasteiger partial charge in [0, 0.05) is 38.1 Å². The highest BCUT2D eigenvalue weighted by atomic mass is 32.1. The van der Waals surface area contributed by atoms with Crippen LogP contribution in [-0.2, 0) is 0 Å². The number of benzene rings is 1. The lowest BCUT2D eigenvalue weighted by Crippen LogP contribution is -2.32. The SMILES string of the molecule is OCCCN(CCOc1ccc(Oc2nc3ccncc3s2)cc1)C1CC1. The minimum absolute atomic E-state index is 0.247. The molecule has 7 heteroatoms. The summed E-state index contributed by atoms with van der Waals surface area (Å²) < 4.78 is 12.7. The third-order valence-corrected chi connectivity index (χ3v) is 5.40. The predicted molar refractivity (Wildman–Crippen MR) is 106 cm³/mol. The van der Waals surface area contributed by atoms with Gasteiger partial charge in [0.1, 0.15) is 18.1 Å². The van der Waals surface area contributed by atoms with Crippen molar-refractivity contribution in [2.75, 3.05) is 26.3 Å². The second-order valence-corrected chi connectivity index (χ2v) is 7.58. The highest BCUT2D eigenvalue weighted by Crippen LogP contribution is 2.31. The number of thiazole rings is 1. The Hall–Kier alpha value is -2.22. The summed E-state index contributed by atoms with van der Waals surface area (Å²) in [4.78, 5) is 11.0. The highest BCUT2D eigenvalue weighted by Gasteiger charge is 2.28. The van der Waals surface area contributed by atoms with Crippen LogP contribution < -0.4 is 9.47 Å². The van der Waals surface area contributed by atoms with Gasteiger partial charge in [0.15, 0.2) is 0 Å². The van der Waals surface area contributed by atoms with Gasteiger partial charge < -0.3 is 14.6 Å². The van der Waals surface area contributed by atoms with Crippen molar-refractivity contribution >= 4 is 21.6 Å². The van der Waals surface area contributed by atoms with Gasteiger partial charge in [-0.05, 0) is 49.6 Å². The molecule has 1 saturated carbocycles. The fourth-order valence-corrected chi connectivity index (χ4v) is 3.78. The van der Waals surface area contributed by atoms with Crippen molar-refractivity contribution in [2.45, 2.75) is 25.3 Å². The van der Waals surface area contributed by atoms with Crippen LogP contribution >= 0.6 is 11.3 Å². The highest BCUT2D eigenvalue weighted by molar-refractivity contribution is 7.20. The van der Waals surface area contributed by atoms with Crippen molar-refractivity contribution in [2.24, 2.45) is 0 Å². The fraction of sp³-hybridized carbons (Fsp3) is 0.400. The van der Waals surface area contributed by atoms with Gasteiger partial charge in [-0.2, -0.15) is 0 Å². The third-order valence-electron chi connectivity index (χ3n) is 4.51. The molecule has 0 spiro atoms. The van der Waals surface area contributed by atoms with Gasteiger partial charge in [-0.3, -0.25) is 9.88 Å². The summed E-state index contributed by atoms with van der Waals surface area (Å²) in [7, 11) is 0. The Balaban J connectivity index is 1.28. The summed E-state index contributed by atoms with van der Waals surface area (Å²) >= 11 is 1.48. The van der Waals surface area contributed by atoms with Gasteiger partial charge in [0.2, 0.25) is 0 Å². The van der Waals surface area contributed by atoms with Gasteiger partial charge in [0.25, 0.3) is 5.19 Å². The van der Waals surface area contributed by atoms with E-state index < -0.39 is 0 Å². The molecule has 0 bridgehead atoms. The van der Waals surface area contributed by atoms with Crippen LogP contribution in [0.5, 0.6) is 16.7 Å². The molecule has 2 aromatic heterocycles. The maximum atomic E-state index is 9.02. The Morgan fingerprint density at radius 3 is 2.67 bits per heavy atom. The zero-order valence-corrected chi connectivity index (χ0v) is 15.9. The minimum Gasteiger partial charge on any atom is -0.492 e. The molecule has 4 rings (SSSR count). The van der Waals surface area contributed by atoms with Crippen molar-refractivity contribution in [3.05, 3.63) is 42.7 Å². The van der Waals surface area contributed by atoms with Gasteiger partial charge in [-0.1, -0.05) is 11.3 Å². The molecule has 2 heterocycles. The number of aliphatic hydroxyl groups excluding tert-OH is 1. The van der Waals surface area contributed by atoms with Crippen molar-refractivity contribution in [3.63, 3.8) is 0 Å². The molecule has 0 unspecified atom stereocenters. The molecule has 0 saturated heterocycles. The van der Waals surface area contributed by atoms with Crippen LogP contribution in [0.4, 0.5) is 0 Å². The molecule has 27 heavy (non-hydrogen) atoms. The topological polar surface area (TPSA) is 67.7 Å². The van der Waals surface area contributed by atoms with Crippen molar-refractivity contribution < 1.29 is 14.6 Å². The van der Waals surface area contributed by atoms with E-state index in [1.807, 2.05) is 30.3 Å². The normalized spacial score (nSPS) is 14.0. The van der Waals surface area contributed by atoms with Crippen LogP contribution in [-0.4, -0.2) is 52.3 Å². The Bertz CT molecular complexity index is 831. The number of hydrogen-bond donors (Lipinski definition) is 1. The third kappa shape index (κ3) is 4.94. The van der Waals surface area contributed by atoms with E-state index in [9.17, 15) is 0 Å². The molecule has 0 radical (unpaired) electrons. The summed E-state index contributed by atoms with van der Waals surface area (Å²) in [6.45, 7) is 2.72. The summed E-state index contributed by atoms with van der Waals surface area (Å²) in [6, 6.07) is 10.2. The maximum absolute atomic E-state index is 9.02. The number of hydrogen-bond acceptors (Lipinski definition) is 7. The minimum atomic E-state index is 0.247. The van der Waals surface area contributed by atoms with E-state index in [1.54, 1.807) is 12.4 Å². The van der Waals surface area contributed by atoms with Gasteiger partial charge >= 0.3 is 0 Å². The molecule has 142 valence electrons. The van der Waals surface area contributed by atoms with Gasteiger partial charge in [-0.25, -0.2) is 4.98 Å². The number of aromatic nitrogens is 2. The Labute approximate surface area is 162 Å². The number of rotatable bonds is 10. The molecule has 6 nitrogen and oxygen atoms in total. The predicted octanol–water partition coefficient (Wildman–Crippen LogP) is 3.71. The van der Waals surface area contributed by atoms with E-state index in [0.717, 1.165) is 41.2 Å². The molecular weight excluding hydrogens is 362 g/mol. The number of aliphatic hydroxyl groups is 1. The van der Waals surface area contributed by atoms with E-state index in [-0.39, 0.29) is 6.61 Å². The zero-order chi connectivity index (χ0) is 18.5. The van der Waals surface area contributed by atoms with E-state index in [1.165, 1.54) is 24.2 Å². The number of pyridine rings is 1. The van der Waals surface area contributed by atoms with Crippen LogP contribution in [0.3, 0.4) is 0 Å². The first kappa shape index (κ1) is 18.2. The molecular formula is C20H23N3O3S. The van der Waals surface area contributed by atoms with Crippen molar-refractivity contribution in [1.29, 1.82) is 0 Å². The fourth-order valence-electron chi connectivity index (χ4n) is 2.98. The lowest BCUT2D eigenvalue weighted by Gasteiger charge is -2.21. The van der Waals surface area contributed by atoms with Gasteiger partial charge in [0.05, 0.1) is 10.2 Å². The first-order valence-corrected chi connectivity index (χ1v) is 10.1. The Kier molecular flexibility index (Phi) is 5.81. The van der Waals surface area contributed by atoms with Crippen molar-refractivity contribution in [1.82, 2.24) is 14.9 Å². The second kappa shape index (κ2) is 8.65. The molecule has 0 aliphatic heterocycles. The zero-order valence-electron chi connectivity index (χ0n) is 15.1. The Morgan fingerprint density at radius 1 is 1.11 bits per heavy atom. The van der Waals surface area contributed by atoms with Crippen LogP contribution in [0.15, 0.2) is 42.7 Å². The summed E-state index contributed by atoms with van der Waals surface area (Å²) in [5, 5.41) is 9.62. The molecule has 1 N–H and O–H groups in total. The first-order valence-electron chi connectivity index (χ1n) is 9.28. The van der Waals surface area contributed by atoms with Gasteiger partial charge in [-0.15, -0.1) is 0 Å². The van der Waals surface area contributed by atoms with E-state index in [2.05, 4.69) is 14.9 Å². The summed E-state index contributed by atoms with van der Waals surface area (Å²) in [5.41, 5.74) is 0.895. The molecule has 0 amide bonds. The number of ether oxygens (including phenoxy) is 2. The maximum Gasteiger partial charge on any atom is 0.279 e. The van der Waals surface area contributed by atoms with Crippen LogP contribution in [0.25, 0.3) is 10.2 Å². The van der Waals surface area contributed by atoms with E-state index in [0.29, 0.717) is 17.8 Å². The smallest absolute Gasteiger partial charge is 0.279 e. The standard InChI is InChI=1S/C20H23N3O3S/c24-12-1-10-23(15-2-3-15)11-13-25-16-4-6-17(7-5-16)26-20-22-18-8-9-21-14-19(18)27-20/h4-9,14-15,24H,1-3,10-13H2. The lowest BCUT2D eigenvalue weighted by atomic mass is 10.3. The molecule has 1 aromatic carbocycles. The monoisotopic (exact) mass is 385 g/mol. The molecule has 1 aliphatic carbocycles. The van der Waals surface area contributed by atoms with E-state index in [4.69, 9.17) is 14.6 Å². The average Bonchev–Trinajstić information content (AvgIpc) is 3.45. The Morgan fingerprint density at radius 2 is 1.93 bits per heavy atom. The second-order valence-electron chi connectivity index (χ2n) is 6.59. The molecule has 3 aromatic rings. The largest absolute Gasteiger partial charge is 0.492 e. The molecule has 1 fully saturated rings. The van der Waals surface area contributed by atoms with Crippen molar-refractivity contribution in [3.8, 4) is 16.7 Å². The number of nitrogens with zero attached hydrogens (tertiary/aromatic N) is 3. The lowest BCUT2D eigenvalue weighted by molar-refractivity contribution is 0.182. The van der Waals surface area contributed by atoms with Crippen LogP contribution in [0, 0.1) is 0 Å². The van der Waals surface area contributed by atoms with E-state index >= 15 is 0 Å².